The van der Waals surface area contributed by atoms with Crippen molar-refractivity contribution in [3.8, 4) is 0 Å². The van der Waals surface area contributed by atoms with Crippen LogP contribution < -0.4 is 5.32 Å². The zero-order valence-corrected chi connectivity index (χ0v) is 21.7. The molecule has 1 N–H and O–H groups in total. The maximum absolute atomic E-state index is 12.6. The van der Waals surface area contributed by atoms with E-state index in [1.54, 1.807) is 6.07 Å². The highest BCUT2D eigenvalue weighted by molar-refractivity contribution is 14.0. The first kappa shape index (κ1) is 24.9. The average Bonchev–Trinajstić information content (AvgIpc) is 3.33. The third-order valence-corrected chi connectivity index (χ3v) is 9.74. The van der Waals surface area contributed by atoms with Crippen LogP contribution in [0.2, 0.25) is 0 Å². The topological polar surface area (TPSA) is 65.0 Å². The SMILES string of the molecule is CCN(CC)S(=O)(=O)c1ccc(CCNC(=NC)N2CC3CCCCC3C2)s1.I. The fraction of sp³-hybridized carbons (Fsp3) is 0.750. The van der Waals surface area contributed by atoms with Crippen LogP contribution in [0.1, 0.15) is 44.4 Å². The van der Waals surface area contributed by atoms with Gasteiger partial charge >= 0.3 is 0 Å². The van der Waals surface area contributed by atoms with Crippen LogP contribution in [0.3, 0.4) is 0 Å². The van der Waals surface area contributed by atoms with Gasteiger partial charge in [0.1, 0.15) is 4.21 Å². The van der Waals surface area contributed by atoms with Gasteiger partial charge < -0.3 is 10.2 Å². The van der Waals surface area contributed by atoms with Gasteiger partial charge in [0.2, 0.25) is 0 Å². The standard InChI is InChI=1S/C20H34N4O2S2.HI/c1-4-24(5-2)28(25,26)19-11-10-18(27-19)12-13-22-20(21-3)23-14-16-8-6-7-9-17(16)15-23;/h10-11,16-17H,4-9,12-15H2,1-3H3,(H,21,22);1H. The molecule has 0 radical (unpaired) electrons. The summed E-state index contributed by atoms with van der Waals surface area (Å²) in [4.78, 5) is 7.98. The molecule has 3 rings (SSSR count). The fourth-order valence-electron chi connectivity index (χ4n) is 4.53. The summed E-state index contributed by atoms with van der Waals surface area (Å²) in [7, 11) is -1.50. The summed E-state index contributed by atoms with van der Waals surface area (Å²) in [6.07, 6.45) is 6.27. The Balaban J connectivity index is 0.00000300. The van der Waals surface area contributed by atoms with Crippen LogP contribution in [0.5, 0.6) is 0 Å². The molecule has 29 heavy (non-hydrogen) atoms. The first-order chi connectivity index (χ1) is 13.5. The molecule has 1 aliphatic heterocycles. The first-order valence-electron chi connectivity index (χ1n) is 10.5. The predicted molar refractivity (Wildman–Crippen MR) is 132 cm³/mol. The first-order valence-corrected chi connectivity index (χ1v) is 12.8. The van der Waals surface area contributed by atoms with E-state index < -0.39 is 10.0 Å². The maximum atomic E-state index is 12.6. The van der Waals surface area contributed by atoms with Crippen LogP contribution in [-0.2, 0) is 16.4 Å². The number of guanidine groups is 1. The van der Waals surface area contributed by atoms with Crippen molar-refractivity contribution in [2.75, 3.05) is 39.8 Å². The zero-order valence-electron chi connectivity index (χ0n) is 17.8. The van der Waals surface area contributed by atoms with Crippen LogP contribution in [0.4, 0.5) is 0 Å². The molecule has 0 spiro atoms. The molecule has 0 bridgehead atoms. The van der Waals surface area contributed by atoms with Crippen molar-refractivity contribution >= 4 is 51.3 Å². The number of hydrogen-bond donors (Lipinski definition) is 1. The number of fused-ring (bicyclic) bond motifs is 1. The minimum absolute atomic E-state index is 0. The van der Waals surface area contributed by atoms with E-state index >= 15 is 0 Å². The molecule has 1 saturated carbocycles. The summed E-state index contributed by atoms with van der Waals surface area (Å²) in [5.74, 6) is 2.65. The van der Waals surface area contributed by atoms with E-state index in [-0.39, 0.29) is 24.0 Å². The molecule has 2 aliphatic rings. The molecule has 2 unspecified atom stereocenters. The van der Waals surface area contributed by atoms with Gasteiger partial charge in [-0.05, 0) is 43.2 Å². The lowest BCUT2D eigenvalue weighted by molar-refractivity contribution is 0.299. The highest BCUT2D eigenvalue weighted by Gasteiger charge is 2.35. The number of sulfonamides is 1. The Morgan fingerprint density at radius 1 is 1.21 bits per heavy atom. The molecule has 6 nitrogen and oxygen atoms in total. The van der Waals surface area contributed by atoms with E-state index in [4.69, 9.17) is 0 Å². The number of nitrogens with zero attached hydrogens (tertiary/aromatic N) is 3. The highest BCUT2D eigenvalue weighted by atomic mass is 127. The second kappa shape index (κ2) is 11.3. The Labute approximate surface area is 197 Å². The monoisotopic (exact) mass is 554 g/mol. The second-order valence-corrected chi connectivity index (χ2v) is 11.1. The van der Waals surface area contributed by atoms with Crippen LogP contribution in [0.25, 0.3) is 0 Å². The Morgan fingerprint density at radius 2 is 1.83 bits per heavy atom. The molecule has 0 amide bonds. The number of likely N-dealkylation sites (tertiary alicyclic amines) is 1. The van der Waals surface area contributed by atoms with Gasteiger partial charge in [0.15, 0.2) is 5.96 Å². The van der Waals surface area contributed by atoms with Gasteiger partial charge in [0, 0.05) is 44.6 Å². The van der Waals surface area contributed by atoms with Crippen LogP contribution in [0.15, 0.2) is 21.3 Å². The van der Waals surface area contributed by atoms with Gasteiger partial charge in [-0.2, -0.15) is 4.31 Å². The predicted octanol–water partition coefficient (Wildman–Crippen LogP) is 3.64. The molecule has 1 saturated heterocycles. The van der Waals surface area contributed by atoms with Crippen molar-refractivity contribution in [2.24, 2.45) is 16.8 Å². The van der Waals surface area contributed by atoms with E-state index in [0.717, 1.165) is 48.7 Å². The van der Waals surface area contributed by atoms with Crippen molar-refractivity contribution in [1.82, 2.24) is 14.5 Å². The van der Waals surface area contributed by atoms with Crippen molar-refractivity contribution in [3.63, 3.8) is 0 Å². The third kappa shape index (κ3) is 5.86. The molecule has 9 heteroatoms. The van der Waals surface area contributed by atoms with Gasteiger partial charge in [0.25, 0.3) is 10.0 Å². The molecule has 1 aromatic heterocycles. The molecular formula is C20H35IN4O2S2. The molecule has 0 aromatic carbocycles. The molecular weight excluding hydrogens is 519 g/mol. The van der Waals surface area contributed by atoms with Gasteiger partial charge in [-0.3, -0.25) is 4.99 Å². The fourth-order valence-corrected chi connectivity index (χ4v) is 7.50. The molecule has 166 valence electrons. The van der Waals surface area contributed by atoms with E-state index in [1.165, 1.54) is 41.3 Å². The van der Waals surface area contributed by atoms with Crippen LogP contribution in [-0.4, -0.2) is 63.4 Å². The maximum Gasteiger partial charge on any atom is 0.252 e. The molecule has 2 heterocycles. The summed E-state index contributed by atoms with van der Waals surface area (Å²) >= 11 is 1.38. The smallest absolute Gasteiger partial charge is 0.252 e. The summed E-state index contributed by atoms with van der Waals surface area (Å²) in [6, 6.07) is 3.68. The minimum Gasteiger partial charge on any atom is -0.356 e. The summed E-state index contributed by atoms with van der Waals surface area (Å²) in [5, 5.41) is 3.49. The van der Waals surface area contributed by atoms with Gasteiger partial charge in [0.05, 0.1) is 0 Å². The Morgan fingerprint density at radius 3 is 2.38 bits per heavy atom. The normalized spacial score (nSPS) is 22.5. The minimum atomic E-state index is -3.35. The zero-order chi connectivity index (χ0) is 20.1. The Kier molecular flexibility index (Phi) is 9.69. The number of rotatable bonds is 7. The Hall–Kier alpha value is -0.390. The Bertz CT molecular complexity index is 763. The van der Waals surface area contributed by atoms with Crippen molar-refractivity contribution in [1.29, 1.82) is 0 Å². The summed E-state index contributed by atoms with van der Waals surface area (Å²) in [6.45, 7) is 7.76. The van der Waals surface area contributed by atoms with Gasteiger partial charge in [-0.1, -0.05) is 26.7 Å². The quantitative estimate of drug-likeness (QED) is 0.318. The number of aliphatic imine (C=N–C) groups is 1. The van der Waals surface area contributed by atoms with E-state index in [9.17, 15) is 8.42 Å². The molecule has 1 aliphatic carbocycles. The average molecular weight is 555 g/mol. The number of hydrogen-bond acceptors (Lipinski definition) is 4. The van der Waals surface area contributed by atoms with E-state index in [1.807, 2.05) is 27.0 Å². The second-order valence-electron chi connectivity index (χ2n) is 7.74. The van der Waals surface area contributed by atoms with Crippen molar-refractivity contribution in [3.05, 3.63) is 17.0 Å². The van der Waals surface area contributed by atoms with Crippen LogP contribution in [0, 0.1) is 11.8 Å². The molecule has 1 aromatic rings. The third-order valence-electron chi connectivity index (χ3n) is 6.08. The lowest BCUT2D eigenvalue weighted by atomic mass is 9.82. The van der Waals surface area contributed by atoms with E-state index in [2.05, 4.69) is 15.2 Å². The number of nitrogens with one attached hydrogen (secondary N) is 1. The van der Waals surface area contributed by atoms with Crippen molar-refractivity contribution < 1.29 is 8.42 Å². The van der Waals surface area contributed by atoms with Gasteiger partial charge in [-0.25, -0.2) is 8.42 Å². The highest BCUT2D eigenvalue weighted by Crippen LogP contribution is 2.36. The summed E-state index contributed by atoms with van der Waals surface area (Å²) < 4.78 is 27.2. The van der Waals surface area contributed by atoms with Crippen LogP contribution >= 0.6 is 35.3 Å². The number of halogens is 1. The number of thiophene rings is 1. The van der Waals surface area contributed by atoms with Crippen molar-refractivity contribution in [2.45, 2.75) is 50.2 Å². The lowest BCUT2D eigenvalue weighted by Gasteiger charge is -2.22. The largest absolute Gasteiger partial charge is 0.356 e. The van der Waals surface area contributed by atoms with E-state index in [0.29, 0.717) is 17.3 Å². The summed E-state index contributed by atoms with van der Waals surface area (Å²) in [5.41, 5.74) is 0. The lowest BCUT2D eigenvalue weighted by Crippen LogP contribution is -2.41. The van der Waals surface area contributed by atoms with Gasteiger partial charge in [-0.15, -0.1) is 35.3 Å². The molecule has 2 atom stereocenters. The molecule has 2 fully saturated rings.